The van der Waals surface area contributed by atoms with Gasteiger partial charge in [0.25, 0.3) is 6.43 Å². The van der Waals surface area contributed by atoms with Gasteiger partial charge < -0.3 is 10.2 Å². The first-order valence-corrected chi connectivity index (χ1v) is 7.94. The molecule has 1 aromatic heterocycles. The van der Waals surface area contributed by atoms with Gasteiger partial charge in [0.1, 0.15) is 0 Å². The zero-order chi connectivity index (χ0) is 15.1. The van der Waals surface area contributed by atoms with E-state index in [-0.39, 0.29) is 6.54 Å². The normalized spacial score (nSPS) is 11.6. The Labute approximate surface area is 124 Å². The molecule has 0 spiro atoms. The van der Waals surface area contributed by atoms with Crippen LogP contribution in [0.5, 0.6) is 0 Å². The Hall–Kier alpha value is -0.750. The Morgan fingerprint density at radius 3 is 2.60 bits per heavy atom. The van der Waals surface area contributed by atoms with Gasteiger partial charge in [-0.25, -0.2) is 13.8 Å². The van der Waals surface area contributed by atoms with Crippen LogP contribution >= 0.6 is 11.3 Å². The third-order valence-corrected chi connectivity index (χ3v) is 4.04. The number of rotatable bonds is 9. The van der Waals surface area contributed by atoms with Crippen molar-refractivity contribution < 1.29 is 8.78 Å². The highest BCUT2D eigenvalue weighted by Gasteiger charge is 2.16. The summed E-state index contributed by atoms with van der Waals surface area (Å²) in [6, 6.07) is 0. The lowest BCUT2D eigenvalue weighted by Crippen LogP contribution is -2.23. The predicted octanol–water partition coefficient (Wildman–Crippen LogP) is 3.54. The number of alkyl halides is 2. The fourth-order valence-corrected chi connectivity index (χ4v) is 2.91. The van der Waals surface area contributed by atoms with Crippen molar-refractivity contribution in [1.82, 2.24) is 10.3 Å². The van der Waals surface area contributed by atoms with Crippen molar-refractivity contribution in [1.29, 1.82) is 0 Å². The fourth-order valence-electron chi connectivity index (χ4n) is 1.86. The number of aryl methyl sites for hydroxylation is 1. The molecule has 3 nitrogen and oxygen atoms in total. The van der Waals surface area contributed by atoms with E-state index in [1.165, 1.54) is 16.2 Å². The maximum Gasteiger partial charge on any atom is 0.255 e. The second kappa shape index (κ2) is 8.52. The maximum atomic E-state index is 12.4. The molecule has 0 bridgehead atoms. The molecule has 0 aromatic carbocycles. The minimum absolute atomic E-state index is 0.266. The summed E-state index contributed by atoms with van der Waals surface area (Å²) >= 11 is 1.52. The Bertz CT molecular complexity index is 394. The summed E-state index contributed by atoms with van der Waals surface area (Å²) < 4.78 is 24.9. The molecule has 0 aliphatic heterocycles. The molecule has 0 aliphatic carbocycles. The second-order valence-electron chi connectivity index (χ2n) is 5.41. The summed E-state index contributed by atoms with van der Waals surface area (Å²) in [5, 5.41) is 4.09. The van der Waals surface area contributed by atoms with Crippen LogP contribution in [-0.2, 0) is 13.0 Å². The molecule has 0 amide bonds. The zero-order valence-electron chi connectivity index (χ0n) is 12.7. The van der Waals surface area contributed by atoms with Crippen LogP contribution < -0.4 is 10.2 Å². The van der Waals surface area contributed by atoms with Crippen LogP contribution in [0.4, 0.5) is 13.9 Å². The van der Waals surface area contributed by atoms with Gasteiger partial charge in [-0.1, -0.05) is 27.2 Å². The zero-order valence-corrected chi connectivity index (χ0v) is 13.6. The molecule has 6 heteroatoms. The Balaban J connectivity index is 2.73. The van der Waals surface area contributed by atoms with Crippen molar-refractivity contribution in [3.8, 4) is 0 Å². The third-order valence-electron chi connectivity index (χ3n) is 2.83. The smallest absolute Gasteiger partial charge is 0.255 e. The number of nitrogens with one attached hydrogen (secondary N) is 1. The molecule has 1 heterocycles. The van der Waals surface area contributed by atoms with Crippen LogP contribution in [0.1, 0.15) is 37.8 Å². The standard InChI is InChI=1S/C14H25F2N3S/c1-5-6-11-12(8-17-7-10(2)3)20-14(18-11)19(4)9-13(15)16/h10,13,17H,5-9H2,1-4H3. The maximum absolute atomic E-state index is 12.4. The molecule has 0 fully saturated rings. The van der Waals surface area contributed by atoms with Gasteiger partial charge in [-0.2, -0.15) is 0 Å². The molecule has 0 radical (unpaired) electrons. The lowest BCUT2D eigenvalue weighted by Gasteiger charge is -2.14. The molecular formula is C14H25F2N3S. The highest BCUT2D eigenvalue weighted by molar-refractivity contribution is 7.15. The first-order valence-electron chi connectivity index (χ1n) is 7.12. The van der Waals surface area contributed by atoms with Gasteiger partial charge in [-0.3, -0.25) is 0 Å². The lowest BCUT2D eigenvalue weighted by molar-refractivity contribution is 0.156. The number of hydrogen-bond acceptors (Lipinski definition) is 4. The number of aromatic nitrogens is 1. The summed E-state index contributed by atoms with van der Waals surface area (Å²) in [5.41, 5.74) is 1.05. The monoisotopic (exact) mass is 305 g/mol. The Morgan fingerprint density at radius 2 is 2.05 bits per heavy atom. The summed E-state index contributed by atoms with van der Waals surface area (Å²) in [6.45, 7) is 7.88. The SMILES string of the molecule is CCCc1nc(N(C)CC(F)F)sc1CNCC(C)C. The molecule has 1 N–H and O–H groups in total. The minimum atomic E-state index is -2.33. The number of hydrogen-bond donors (Lipinski definition) is 1. The van der Waals surface area contributed by atoms with Crippen molar-refractivity contribution in [2.45, 2.75) is 46.6 Å². The van der Waals surface area contributed by atoms with E-state index in [1.807, 2.05) is 0 Å². The summed E-state index contributed by atoms with van der Waals surface area (Å²) in [6.07, 6.45) is -0.419. The summed E-state index contributed by atoms with van der Waals surface area (Å²) in [4.78, 5) is 7.23. The van der Waals surface area contributed by atoms with Crippen LogP contribution in [-0.4, -0.2) is 31.5 Å². The predicted molar refractivity (Wildman–Crippen MR) is 81.9 cm³/mol. The lowest BCUT2D eigenvalue weighted by atomic mass is 10.2. The molecular weight excluding hydrogens is 280 g/mol. The summed E-state index contributed by atoms with van der Waals surface area (Å²) in [5.74, 6) is 0.596. The highest BCUT2D eigenvalue weighted by Crippen LogP contribution is 2.27. The third kappa shape index (κ3) is 5.71. The van der Waals surface area contributed by atoms with Crippen molar-refractivity contribution in [3.63, 3.8) is 0 Å². The van der Waals surface area contributed by atoms with E-state index in [4.69, 9.17) is 0 Å². The quantitative estimate of drug-likeness (QED) is 0.756. The van der Waals surface area contributed by atoms with Crippen LogP contribution in [0.2, 0.25) is 0 Å². The molecule has 1 rings (SSSR count). The van der Waals surface area contributed by atoms with E-state index in [9.17, 15) is 8.78 Å². The van der Waals surface area contributed by atoms with E-state index >= 15 is 0 Å². The molecule has 0 saturated carbocycles. The van der Waals surface area contributed by atoms with Crippen molar-refractivity contribution in [2.24, 2.45) is 5.92 Å². The van der Waals surface area contributed by atoms with Gasteiger partial charge in [0, 0.05) is 18.5 Å². The highest BCUT2D eigenvalue weighted by atomic mass is 32.1. The second-order valence-corrected chi connectivity index (χ2v) is 6.47. The Morgan fingerprint density at radius 1 is 1.35 bits per heavy atom. The Kier molecular flexibility index (Phi) is 7.37. The van der Waals surface area contributed by atoms with Crippen LogP contribution in [0, 0.1) is 5.92 Å². The van der Waals surface area contributed by atoms with E-state index < -0.39 is 6.43 Å². The van der Waals surface area contributed by atoms with Crippen LogP contribution in [0.3, 0.4) is 0 Å². The largest absolute Gasteiger partial charge is 0.345 e. The molecule has 0 aliphatic rings. The molecule has 0 unspecified atom stereocenters. The first kappa shape index (κ1) is 17.3. The molecule has 1 aromatic rings. The van der Waals surface area contributed by atoms with Gasteiger partial charge in [-0.05, 0) is 18.9 Å². The van der Waals surface area contributed by atoms with Crippen molar-refractivity contribution in [2.75, 3.05) is 25.0 Å². The fraction of sp³-hybridized carbons (Fsp3) is 0.786. The number of nitrogens with zero attached hydrogens (tertiary/aromatic N) is 2. The van der Waals surface area contributed by atoms with Crippen molar-refractivity contribution >= 4 is 16.5 Å². The average Bonchev–Trinajstić information content (AvgIpc) is 2.72. The average molecular weight is 305 g/mol. The van der Waals surface area contributed by atoms with E-state index in [2.05, 4.69) is 31.1 Å². The number of thiazole rings is 1. The first-order chi connectivity index (χ1) is 9.43. The van der Waals surface area contributed by atoms with Crippen LogP contribution in [0.25, 0.3) is 0 Å². The van der Waals surface area contributed by atoms with E-state index in [1.54, 1.807) is 11.9 Å². The minimum Gasteiger partial charge on any atom is -0.345 e. The number of anilines is 1. The molecule has 116 valence electrons. The number of halogens is 2. The van der Waals surface area contributed by atoms with Gasteiger partial charge in [0.05, 0.1) is 12.2 Å². The van der Waals surface area contributed by atoms with Gasteiger partial charge in [0.2, 0.25) is 0 Å². The molecule has 0 saturated heterocycles. The van der Waals surface area contributed by atoms with Gasteiger partial charge >= 0.3 is 0 Å². The van der Waals surface area contributed by atoms with E-state index in [0.717, 1.165) is 31.6 Å². The molecule has 20 heavy (non-hydrogen) atoms. The topological polar surface area (TPSA) is 28.2 Å². The van der Waals surface area contributed by atoms with Crippen molar-refractivity contribution in [3.05, 3.63) is 10.6 Å². The van der Waals surface area contributed by atoms with Gasteiger partial charge in [0.15, 0.2) is 5.13 Å². The van der Waals surface area contributed by atoms with Crippen LogP contribution in [0.15, 0.2) is 0 Å². The van der Waals surface area contributed by atoms with Gasteiger partial charge in [-0.15, -0.1) is 11.3 Å². The van der Waals surface area contributed by atoms with E-state index in [0.29, 0.717) is 11.0 Å². The molecule has 0 atom stereocenters. The summed E-state index contributed by atoms with van der Waals surface area (Å²) in [7, 11) is 1.67.